The highest BCUT2D eigenvalue weighted by Gasteiger charge is 2.25. The second-order valence-corrected chi connectivity index (χ2v) is 4.65. The molecule has 0 aromatic carbocycles. The Labute approximate surface area is 103 Å². The van der Waals surface area contributed by atoms with Crippen molar-refractivity contribution in [3.63, 3.8) is 0 Å². The summed E-state index contributed by atoms with van der Waals surface area (Å²) in [6.45, 7) is 4.11. The molecule has 1 unspecified atom stereocenters. The molecule has 100 valence electrons. The van der Waals surface area contributed by atoms with Crippen LogP contribution in [0.5, 0.6) is 0 Å². The summed E-state index contributed by atoms with van der Waals surface area (Å²) in [6, 6.07) is 0.469. The maximum Gasteiger partial charge on any atom is 0.231 e. The van der Waals surface area contributed by atoms with Crippen LogP contribution in [-0.4, -0.2) is 49.2 Å². The molecule has 17 heavy (non-hydrogen) atoms. The van der Waals surface area contributed by atoms with E-state index in [1.54, 1.807) is 0 Å². The van der Waals surface area contributed by atoms with Crippen molar-refractivity contribution in [2.75, 3.05) is 26.2 Å². The van der Waals surface area contributed by atoms with Crippen LogP contribution >= 0.6 is 0 Å². The van der Waals surface area contributed by atoms with Crippen LogP contribution in [0.1, 0.15) is 32.6 Å². The maximum absolute atomic E-state index is 11.1. The Morgan fingerprint density at radius 1 is 1.47 bits per heavy atom. The summed E-state index contributed by atoms with van der Waals surface area (Å²) in [5.74, 6) is -0.274. The molecule has 0 spiro atoms. The summed E-state index contributed by atoms with van der Waals surface area (Å²) in [5, 5.41) is 0. The number of ether oxygens (including phenoxy) is 1. The van der Waals surface area contributed by atoms with E-state index >= 15 is 0 Å². The van der Waals surface area contributed by atoms with Crippen molar-refractivity contribution in [3.8, 4) is 0 Å². The molecule has 0 bridgehead atoms. The van der Waals surface area contributed by atoms with Gasteiger partial charge in [0.15, 0.2) is 0 Å². The maximum atomic E-state index is 11.1. The first kappa shape index (κ1) is 14.4. The second kappa shape index (κ2) is 7.63. The van der Waals surface area contributed by atoms with E-state index in [4.69, 9.17) is 16.2 Å². The number of hydrogen-bond acceptors (Lipinski definition) is 4. The summed E-state index contributed by atoms with van der Waals surface area (Å²) in [4.78, 5) is 13.2. The zero-order valence-electron chi connectivity index (χ0n) is 10.7. The van der Waals surface area contributed by atoms with Crippen LogP contribution in [-0.2, 0) is 9.53 Å². The van der Waals surface area contributed by atoms with Crippen LogP contribution in [0.4, 0.5) is 0 Å². The molecule has 0 radical (unpaired) electrons. The van der Waals surface area contributed by atoms with Gasteiger partial charge >= 0.3 is 0 Å². The van der Waals surface area contributed by atoms with Gasteiger partial charge < -0.3 is 16.2 Å². The minimum absolute atomic E-state index is 0.0000463. The fraction of sp³-hybridized carbons (Fsp3) is 0.917. The van der Waals surface area contributed by atoms with Gasteiger partial charge in [0.05, 0.1) is 12.6 Å². The molecular formula is C12H25N3O2. The van der Waals surface area contributed by atoms with Gasteiger partial charge in [-0.3, -0.25) is 9.69 Å². The van der Waals surface area contributed by atoms with Crippen molar-refractivity contribution in [3.05, 3.63) is 0 Å². The molecule has 1 aliphatic carbocycles. The number of hydrogen-bond donors (Lipinski definition) is 2. The zero-order valence-corrected chi connectivity index (χ0v) is 10.7. The Kier molecular flexibility index (Phi) is 6.47. The Hall–Kier alpha value is -0.650. The molecule has 0 aromatic heterocycles. The molecule has 1 saturated carbocycles. The Morgan fingerprint density at radius 2 is 2.12 bits per heavy atom. The van der Waals surface area contributed by atoms with Crippen molar-refractivity contribution in [1.82, 2.24) is 4.90 Å². The van der Waals surface area contributed by atoms with Crippen LogP contribution in [0.2, 0.25) is 0 Å². The van der Waals surface area contributed by atoms with Gasteiger partial charge in [-0.2, -0.15) is 0 Å². The van der Waals surface area contributed by atoms with Crippen molar-refractivity contribution in [2.24, 2.45) is 11.5 Å². The molecule has 1 aliphatic rings. The van der Waals surface area contributed by atoms with E-state index in [0.717, 1.165) is 12.8 Å². The van der Waals surface area contributed by atoms with E-state index in [9.17, 15) is 4.79 Å². The van der Waals surface area contributed by atoms with Gasteiger partial charge in [0.2, 0.25) is 5.91 Å². The number of carbonyl (C=O) groups excluding carboxylic acids is 1. The lowest BCUT2D eigenvalue weighted by atomic mass is 10.2. The molecule has 0 saturated heterocycles. The van der Waals surface area contributed by atoms with E-state index in [1.165, 1.54) is 12.8 Å². The predicted molar refractivity (Wildman–Crippen MR) is 67.5 cm³/mol. The number of amides is 1. The van der Waals surface area contributed by atoms with Gasteiger partial charge in [-0.25, -0.2) is 0 Å². The topological polar surface area (TPSA) is 81.6 Å². The third-order valence-corrected chi connectivity index (χ3v) is 3.30. The van der Waals surface area contributed by atoms with Gasteiger partial charge in [-0.15, -0.1) is 0 Å². The largest absolute Gasteiger partial charge is 0.376 e. The number of primary amides is 1. The molecule has 1 atom stereocenters. The van der Waals surface area contributed by atoms with Crippen molar-refractivity contribution in [1.29, 1.82) is 0 Å². The van der Waals surface area contributed by atoms with E-state index in [2.05, 4.69) is 4.90 Å². The fourth-order valence-electron chi connectivity index (χ4n) is 2.50. The van der Waals surface area contributed by atoms with Crippen LogP contribution < -0.4 is 11.5 Å². The van der Waals surface area contributed by atoms with Crippen LogP contribution in [0, 0.1) is 0 Å². The first-order chi connectivity index (χ1) is 8.17. The van der Waals surface area contributed by atoms with Crippen LogP contribution in [0.15, 0.2) is 0 Å². The molecule has 1 rings (SSSR count). The number of nitrogens with two attached hydrogens (primary N) is 2. The number of nitrogens with zero attached hydrogens (tertiary/aromatic N) is 1. The minimum Gasteiger partial charge on any atom is -0.376 e. The quantitative estimate of drug-likeness (QED) is 0.632. The van der Waals surface area contributed by atoms with Crippen molar-refractivity contribution in [2.45, 2.75) is 44.8 Å². The predicted octanol–water partition coefficient (Wildman–Crippen LogP) is 0.0801. The minimum atomic E-state index is -0.274. The van der Waals surface area contributed by atoms with Gasteiger partial charge in [-0.05, 0) is 19.8 Å². The van der Waals surface area contributed by atoms with Gasteiger partial charge in [0.25, 0.3) is 0 Å². The lowest BCUT2D eigenvalue weighted by molar-refractivity contribution is -0.120. The summed E-state index contributed by atoms with van der Waals surface area (Å²) < 4.78 is 5.54. The normalized spacial score (nSPS) is 18.8. The summed E-state index contributed by atoms with van der Waals surface area (Å²) in [6.07, 6.45) is 4.77. The van der Waals surface area contributed by atoms with Crippen LogP contribution in [0.3, 0.4) is 0 Å². The first-order valence-corrected chi connectivity index (χ1v) is 6.51. The number of rotatable bonds is 8. The molecule has 5 nitrogen and oxygen atoms in total. The van der Waals surface area contributed by atoms with E-state index in [0.29, 0.717) is 32.3 Å². The number of carbonyl (C=O) groups is 1. The van der Waals surface area contributed by atoms with Gasteiger partial charge in [-0.1, -0.05) is 12.8 Å². The zero-order chi connectivity index (χ0) is 12.7. The Bertz CT molecular complexity index is 230. The molecule has 1 amide bonds. The van der Waals surface area contributed by atoms with E-state index in [1.807, 2.05) is 6.92 Å². The van der Waals surface area contributed by atoms with E-state index in [-0.39, 0.29) is 12.0 Å². The second-order valence-electron chi connectivity index (χ2n) is 4.65. The third-order valence-electron chi connectivity index (χ3n) is 3.30. The molecule has 4 N–H and O–H groups in total. The molecular weight excluding hydrogens is 218 g/mol. The third kappa shape index (κ3) is 5.02. The first-order valence-electron chi connectivity index (χ1n) is 6.51. The monoisotopic (exact) mass is 243 g/mol. The Balaban J connectivity index is 2.51. The molecule has 0 aromatic rings. The summed E-state index contributed by atoms with van der Waals surface area (Å²) >= 11 is 0. The van der Waals surface area contributed by atoms with Gasteiger partial charge in [0, 0.05) is 25.7 Å². The summed E-state index contributed by atoms with van der Waals surface area (Å²) in [5.41, 5.74) is 11.0. The smallest absolute Gasteiger partial charge is 0.231 e. The lowest BCUT2D eigenvalue weighted by Crippen LogP contribution is -2.46. The highest BCUT2D eigenvalue weighted by atomic mass is 16.5. The molecule has 1 fully saturated rings. The van der Waals surface area contributed by atoms with Gasteiger partial charge in [0.1, 0.15) is 0 Å². The summed E-state index contributed by atoms with van der Waals surface area (Å²) in [7, 11) is 0. The van der Waals surface area contributed by atoms with Crippen molar-refractivity contribution >= 4 is 5.91 Å². The average Bonchev–Trinajstić information content (AvgIpc) is 2.80. The fourth-order valence-corrected chi connectivity index (χ4v) is 2.50. The molecule has 0 aliphatic heterocycles. The lowest BCUT2D eigenvalue weighted by Gasteiger charge is -2.30. The molecule has 5 heteroatoms. The average molecular weight is 243 g/mol. The highest BCUT2D eigenvalue weighted by Crippen LogP contribution is 2.23. The van der Waals surface area contributed by atoms with Crippen LogP contribution in [0.25, 0.3) is 0 Å². The highest BCUT2D eigenvalue weighted by molar-refractivity contribution is 5.75. The SMILES string of the molecule is CCOC(CN)CN(CC(N)=O)C1CCCC1. The van der Waals surface area contributed by atoms with Crippen molar-refractivity contribution < 1.29 is 9.53 Å². The van der Waals surface area contributed by atoms with E-state index < -0.39 is 0 Å². The molecule has 0 heterocycles. The standard InChI is InChI=1S/C12H25N3O2/c1-2-17-11(7-13)8-15(9-12(14)16)10-5-3-4-6-10/h10-11H,2-9,13H2,1H3,(H2,14,16). The Morgan fingerprint density at radius 3 is 2.59 bits per heavy atom.